The van der Waals surface area contributed by atoms with Crippen LogP contribution in [0.4, 0.5) is 4.39 Å². The van der Waals surface area contributed by atoms with Crippen molar-refractivity contribution in [2.24, 2.45) is 5.92 Å². The summed E-state index contributed by atoms with van der Waals surface area (Å²) < 4.78 is 19.3. The molecule has 0 spiro atoms. The topological polar surface area (TPSA) is 49.9 Å². The Balaban J connectivity index is 1.49. The van der Waals surface area contributed by atoms with E-state index in [0.29, 0.717) is 24.8 Å². The average molecular weight is 417 g/mol. The van der Waals surface area contributed by atoms with Crippen LogP contribution < -0.4 is 4.74 Å². The van der Waals surface area contributed by atoms with Gasteiger partial charge in [0.1, 0.15) is 18.2 Å². The van der Waals surface area contributed by atoms with Crippen LogP contribution in [0.5, 0.6) is 5.75 Å². The van der Waals surface area contributed by atoms with Crippen LogP contribution in [-0.4, -0.2) is 47.9 Å². The third kappa shape index (κ3) is 4.78. The molecule has 0 bridgehead atoms. The molecule has 7 heteroatoms. The Morgan fingerprint density at radius 2 is 2.14 bits per heavy atom. The molecule has 2 heterocycles. The predicted molar refractivity (Wildman–Crippen MR) is 109 cm³/mol. The van der Waals surface area contributed by atoms with Gasteiger partial charge in [-0.2, -0.15) is 0 Å². The highest BCUT2D eigenvalue weighted by molar-refractivity contribution is 7.10. The number of thiophene rings is 1. The van der Waals surface area contributed by atoms with Crippen molar-refractivity contribution < 1.29 is 18.7 Å². The summed E-state index contributed by atoms with van der Waals surface area (Å²) in [6, 6.07) is 7.82. The van der Waals surface area contributed by atoms with Gasteiger partial charge in [0.25, 0.3) is 0 Å². The highest BCUT2D eigenvalue weighted by atomic mass is 32.1. The summed E-state index contributed by atoms with van der Waals surface area (Å²) in [5.41, 5.74) is 1.09. The monoisotopic (exact) mass is 416 g/mol. The van der Waals surface area contributed by atoms with Gasteiger partial charge in [-0.3, -0.25) is 9.59 Å². The van der Waals surface area contributed by atoms with Crippen LogP contribution in [-0.2, 0) is 16.0 Å². The highest BCUT2D eigenvalue weighted by Crippen LogP contribution is 2.34. The average Bonchev–Trinajstić information content (AvgIpc) is 3.38. The fourth-order valence-corrected chi connectivity index (χ4v) is 4.71. The summed E-state index contributed by atoms with van der Waals surface area (Å²) >= 11 is 1.68. The molecule has 2 amide bonds. The molecule has 154 valence electrons. The zero-order valence-electron chi connectivity index (χ0n) is 16.5. The van der Waals surface area contributed by atoms with Crippen molar-refractivity contribution in [2.45, 2.75) is 32.2 Å². The number of amides is 2. The molecule has 0 saturated heterocycles. The van der Waals surface area contributed by atoms with Crippen molar-refractivity contribution in [1.82, 2.24) is 9.80 Å². The van der Waals surface area contributed by atoms with Gasteiger partial charge in [-0.25, -0.2) is 4.39 Å². The summed E-state index contributed by atoms with van der Waals surface area (Å²) in [4.78, 5) is 29.9. The van der Waals surface area contributed by atoms with E-state index in [9.17, 15) is 14.0 Å². The molecule has 1 saturated carbocycles. The molecule has 1 aromatic carbocycles. The van der Waals surface area contributed by atoms with Crippen molar-refractivity contribution >= 4 is 23.2 Å². The number of benzene rings is 1. The maximum atomic E-state index is 13.5. The second kappa shape index (κ2) is 8.53. The molecule has 1 aliphatic carbocycles. The molecule has 0 radical (unpaired) electrons. The molecule has 0 N–H and O–H groups in total. The number of fused-ring (bicyclic) bond motifs is 1. The lowest BCUT2D eigenvalue weighted by Gasteiger charge is -2.37. The number of carbonyl (C=O) groups is 2. The minimum atomic E-state index is -0.354. The maximum Gasteiger partial charge on any atom is 0.242 e. The molecule has 1 aliphatic heterocycles. The first kappa shape index (κ1) is 19.9. The number of hydrogen-bond acceptors (Lipinski definition) is 4. The van der Waals surface area contributed by atoms with E-state index in [2.05, 4.69) is 0 Å². The Morgan fingerprint density at radius 1 is 1.31 bits per heavy atom. The maximum absolute atomic E-state index is 13.5. The minimum Gasteiger partial charge on any atom is -0.491 e. The van der Waals surface area contributed by atoms with Crippen LogP contribution in [0.1, 0.15) is 36.2 Å². The fraction of sp³-hybridized carbons (Fsp3) is 0.455. The smallest absolute Gasteiger partial charge is 0.242 e. The predicted octanol–water partition coefficient (Wildman–Crippen LogP) is 3.65. The third-order valence-electron chi connectivity index (χ3n) is 5.57. The van der Waals surface area contributed by atoms with Gasteiger partial charge in [0, 0.05) is 31.0 Å². The van der Waals surface area contributed by atoms with Crippen molar-refractivity contribution in [2.75, 3.05) is 26.2 Å². The van der Waals surface area contributed by atoms with Crippen LogP contribution in [0.25, 0.3) is 0 Å². The zero-order chi connectivity index (χ0) is 20.4. The quantitative estimate of drug-likeness (QED) is 0.692. The summed E-state index contributed by atoms with van der Waals surface area (Å²) in [6.07, 6.45) is 3.06. The normalized spacial score (nSPS) is 18.3. The van der Waals surface area contributed by atoms with Crippen molar-refractivity contribution in [3.63, 3.8) is 0 Å². The van der Waals surface area contributed by atoms with Gasteiger partial charge < -0.3 is 14.5 Å². The van der Waals surface area contributed by atoms with E-state index >= 15 is 0 Å². The Hall–Kier alpha value is -2.41. The van der Waals surface area contributed by atoms with Gasteiger partial charge in [0.2, 0.25) is 11.8 Å². The van der Waals surface area contributed by atoms with Gasteiger partial charge in [-0.15, -0.1) is 11.3 Å². The van der Waals surface area contributed by atoms with Crippen LogP contribution >= 0.6 is 11.3 Å². The number of rotatable bonds is 7. The number of nitrogens with zero attached hydrogens (tertiary/aromatic N) is 2. The lowest BCUT2D eigenvalue weighted by Crippen LogP contribution is -2.47. The van der Waals surface area contributed by atoms with Gasteiger partial charge in [0.05, 0.1) is 12.6 Å². The molecule has 1 aromatic heterocycles. The Labute approximate surface area is 174 Å². The Bertz CT molecular complexity index is 896. The second-order valence-corrected chi connectivity index (χ2v) is 8.76. The van der Waals surface area contributed by atoms with E-state index in [1.165, 1.54) is 23.9 Å². The van der Waals surface area contributed by atoms with Crippen LogP contribution in [0, 0.1) is 11.7 Å². The first-order chi connectivity index (χ1) is 14.0. The Kier molecular flexibility index (Phi) is 5.85. The lowest BCUT2D eigenvalue weighted by molar-refractivity contribution is -0.142. The summed E-state index contributed by atoms with van der Waals surface area (Å²) in [7, 11) is 0. The van der Waals surface area contributed by atoms with E-state index in [1.807, 2.05) is 16.3 Å². The standard InChI is InChI=1S/C22H25FN2O3S/c1-15(26)24(12-16-5-6-16)13-22(27)25-9-7-21-19(8-10-29-21)20(25)14-28-18-4-2-3-17(23)11-18/h2-4,8,10-11,16,20H,5-7,9,12-14H2,1H3/t20-/m0/s1. The van der Waals surface area contributed by atoms with Crippen molar-refractivity contribution in [3.05, 3.63) is 52.0 Å². The highest BCUT2D eigenvalue weighted by Gasteiger charge is 2.34. The molecular weight excluding hydrogens is 391 g/mol. The van der Waals surface area contributed by atoms with Crippen molar-refractivity contribution in [1.29, 1.82) is 0 Å². The number of halogens is 1. The fourth-order valence-electron chi connectivity index (χ4n) is 3.78. The van der Waals surface area contributed by atoms with Gasteiger partial charge in [-0.1, -0.05) is 6.07 Å². The largest absolute Gasteiger partial charge is 0.491 e. The van der Waals surface area contributed by atoms with E-state index in [0.717, 1.165) is 24.8 Å². The molecule has 4 rings (SSSR count). The Morgan fingerprint density at radius 3 is 2.86 bits per heavy atom. The molecular formula is C22H25FN2O3S. The SMILES string of the molecule is CC(=O)N(CC(=O)N1CCc2sccc2[C@@H]1COc1cccc(F)c1)CC1CC1. The minimum absolute atomic E-state index is 0.0638. The summed E-state index contributed by atoms with van der Waals surface area (Å²) in [5.74, 6) is 0.492. The van der Waals surface area contributed by atoms with Gasteiger partial charge in [-0.05, 0) is 54.3 Å². The van der Waals surface area contributed by atoms with Crippen molar-refractivity contribution in [3.8, 4) is 5.75 Å². The molecule has 1 fully saturated rings. The van der Waals surface area contributed by atoms with E-state index < -0.39 is 0 Å². The number of carbonyl (C=O) groups excluding carboxylic acids is 2. The first-order valence-corrected chi connectivity index (χ1v) is 10.9. The molecule has 2 aliphatic rings. The zero-order valence-corrected chi connectivity index (χ0v) is 17.3. The van der Waals surface area contributed by atoms with E-state index in [-0.39, 0.29) is 36.8 Å². The second-order valence-electron chi connectivity index (χ2n) is 7.76. The first-order valence-electron chi connectivity index (χ1n) is 10.0. The third-order valence-corrected chi connectivity index (χ3v) is 6.56. The van der Waals surface area contributed by atoms with Crippen LogP contribution in [0.2, 0.25) is 0 Å². The number of hydrogen-bond donors (Lipinski definition) is 0. The van der Waals surface area contributed by atoms with Gasteiger partial charge >= 0.3 is 0 Å². The van der Waals surface area contributed by atoms with Crippen LogP contribution in [0.3, 0.4) is 0 Å². The van der Waals surface area contributed by atoms with Crippen LogP contribution in [0.15, 0.2) is 35.7 Å². The molecule has 0 unspecified atom stereocenters. The van der Waals surface area contributed by atoms with Gasteiger partial charge in [0.15, 0.2) is 0 Å². The lowest BCUT2D eigenvalue weighted by atomic mass is 10.0. The molecule has 5 nitrogen and oxygen atoms in total. The molecule has 1 atom stereocenters. The summed E-state index contributed by atoms with van der Waals surface area (Å²) in [6.45, 7) is 3.12. The van der Waals surface area contributed by atoms with E-state index in [4.69, 9.17) is 4.74 Å². The molecule has 29 heavy (non-hydrogen) atoms. The number of ether oxygens (including phenoxy) is 1. The molecule has 2 aromatic rings. The summed E-state index contributed by atoms with van der Waals surface area (Å²) in [5, 5.41) is 2.03. The van der Waals surface area contributed by atoms with E-state index in [1.54, 1.807) is 28.4 Å².